The molecular formula is C29H28ClN3O5. The summed E-state index contributed by atoms with van der Waals surface area (Å²) in [5, 5.41) is 11.7. The summed E-state index contributed by atoms with van der Waals surface area (Å²) in [7, 11) is 2.89. The molecule has 3 aromatic rings. The minimum atomic E-state index is -0.956. The van der Waals surface area contributed by atoms with Gasteiger partial charge in [-0.2, -0.15) is 0 Å². The van der Waals surface area contributed by atoms with Crippen molar-refractivity contribution in [2.75, 3.05) is 37.1 Å². The van der Waals surface area contributed by atoms with E-state index < -0.39 is 23.5 Å². The van der Waals surface area contributed by atoms with Crippen molar-refractivity contribution in [3.63, 3.8) is 0 Å². The molecule has 2 aliphatic rings. The number of amides is 1. The van der Waals surface area contributed by atoms with E-state index in [1.54, 1.807) is 24.4 Å². The van der Waals surface area contributed by atoms with E-state index in [1.807, 2.05) is 24.3 Å². The first-order valence-electron chi connectivity index (χ1n) is 12.4. The zero-order valence-electron chi connectivity index (χ0n) is 21.2. The second-order valence-corrected chi connectivity index (χ2v) is 9.58. The molecule has 0 saturated carbocycles. The molecule has 2 aromatic carbocycles. The summed E-state index contributed by atoms with van der Waals surface area (Å²) < 4.78 is 10.7. The van der Waals surface area contributed by atoms with Gasteiger partial charge in [0.1, 0.15) is 23.3 Å². The number of hydrogen-bond donors (Lipinski definition) is 1. The van der Waals surface area contributed by atoms with Crippen LogP contribution in [0, 0.1) is 0 Å². The van der Waals surface area contributed by atoms with Gasteiger partial charge in [-0.3, -0.25) is 19.5 Å². The number of anilines is 2. The molecule has 9 heteroatoms. The van der Waals surface area contributed by atoms with Crippen LogP contribution in [0.15, 0.2) is 66.4 Å². The Morgan fingerprint density at radius 1 is 0.947 bits per heavy atom. The average molecular weight is 534 g/mol. The number of nitrogens with zero attached hydrogens (tertiary/aromatic N) is 3. The van der Waals surface area contributed by atoms with Crippen molar-refractivity contribution >= 4 is 40.4 Å². The number of halogens is 1. The van der Waals surface area contributed by atoms with Crippen molar-refractivity contribution in [1.29, 1.82) is 0 Å². The lowest BCUT2D eigenvalue weighted by atomic mass is 9.97. The fourth-order valence-electron chi connectivity index (χ4n) is 5.08. The minimum absolute atomic E-state index is 0.103. The Hall–Kier alpha value is -4.04. The maximum atomic E-state index is 13.5. The van der Waals surface area contributed by atoms with Gasteiger partial charge in [-0.25, -0.2) is 0 Å². The van der Waals surface area contributed by atoms with Crippen LogP contribution in [0.4, 0.5) is 11.4 Å². The molecular weight excluding hydrogens is 506 g/mol. The standard InChI is InChI=1S/C29H28ClN3O5/c1-37-23-17-24(38-2)21(30)16-20(23)27(34)25-26(22-8-4-5-13-31-22)33(29(36)28(25)35)19-11-9-18(10-12-19)32-14-6-3-7-15-32/h4-5,8-13,16-17,26,34H,3,6-7,14-15H2,1-2H3/b27-25+. The van der Waals surface area contributed by atoms with Gasteiger partial charge in [0.05, 0.1) is 36.1 Å². The molecule has 1 atom stereocenters. The maximum Gasteiger partial charge on any atom is 0.300 e. The molecule has 0 spiro atoms. The molecule has 1 unspecified atom stereocenters. The van der Waals surface area contributed by atoms with E-state index in [0.29, 0.717) is 17.1 Å². The number of pyridine rings is 1. The van der Waals surface area contributed by atoms with Crippen LogP contribution in [0.3, 0.4) is 0 Å². The second-order valence-electron chi connectivity index (χ2n) is 9.17. The van der Waals surface area contributed by atoms with Crippen LogP contribution in [0.5, 0.6) is 11.5 Å². The Morgan fingerprint density at radius 3 is 2.26 bits per heavy atom. The molecule has 2 saturated heterocycles. The molecule has 2 aliphatic heterocycles. The van der Waals surface area contributed by atoms with E-state index >= 15 is 0 Å². The molecule has 38 heavy (non-hydrogen) atoms. The number of carbonyl (C=O) groups is 2. The Bertz CT molecular complexity index is 1390. The number of piperidine rings is 1. The highest BCUT2D eigenvalue weighted by Crippen LogP contribution is 2.44. The first kappa shape index (κ1) is 25.6. The minimum Gasteiger partial charge on any atom is -0.507 e. The lowest BCUT2D eigenvalue weighted by Gasteiger charge is -2.30. The van der Waals surface area contributed by atoms with Crippen molar-refractivity contribution in [1.82, 2.24) is 4.98 Å². The molecule has 0 bridgehead atoms. The van der Waals surface area contributed by atoms with E-state index in [2.05, 4.69) is 9.88 Å². The Balaban J connectivity index is 1.63. The number of hydrogen-bond acceptors (Lipinski definition) is 7. The van der Waals surface area contributed by atoms with E-state index in [1.165, 1.54) is 37.7 Å². The van der Waals surface area contributed by atoms with Crippen molar-refractivity contribution in [3.8, 4) is 11.5 Å². The van der Waals surface area contributed by atoms with Crippen LogP contribution in [0.1, 0.15) is 36.6 Å². The van der Waals surface area contributed by atoms with Crippen LogP contribution in [0.25, 0.3) is 5.76 Å². The average Bonchev–Trinajstić information content (AvgIpc) is 3.23. The quantitative estimate of drug-likeness (QED) is 0.259. The van der Waals surface area contributed by atoms with Crippen LogP contribution in [-0.4, -0.2) is 49.1 Å². The van der Waals surface area contributed by atoms with Crippen LogP contribution in [0.2, 0.25) is 5.02 Å². The number of carbonyl (C=O) groups excluding carboxylic acids is 2. The maximum absolute atomic E-state index is 13.5. The molecule has 5 rings (SSSR count). The SMILES string of the molecule is COc1cc(OC)c(/C(O)=C2\C(=O)C(=O)N(c3ccc(N4CCCCC4)cc3)C2c2ccccn2)cc1Cl. The van der Waals surface area contributed by atoms with Crippen molar-refractivity contribution in [2.24, 2.45) is 0 Å². The number of aliphatic hydroxyl groups excluding tert-OH is 1. The highest BCUT2D eigenvalue weighted by molar-refractivity contribution is 6.51. The summed E-state index contributed by atoms with van der Waals surface area (Å²) in [4.78, 5) is 35.1. The van der Waals surface area contributed by atoms with Gasteiger partial charge in [0.2, 0.25) is 0 Å². The molecule has 1 N–H and O–H groups in total. The third-order valence-electron chi connectivity index (χ3n) is 6.99. The van der Waals surface area contributed by atoms with Crippen LogP contribution >= 0.6 is 11.6 Å². The second kappa shape index (κ2) is 10.8. The molecule has 1 amide bonds. The van der Waals surface area contributed by atoms with Gasteiger partial charge in [-0.1, -0.05) is 17.7 Å². The summed E-state index contributed by atoms with van der Waals surface area (Å²) in [5.41, 5.74) is 2.09. The van der Waals surface area contributed by atoms with Crippen LogP contribution in [-0.2, 0) is 9.59 Å². The van der Waals surface area contributed by atoms with Gasteiger partial charge in [-0.05, 0) is 61.7 Å². The largest absolute Gasteiger partial charge is 0.507 e. The van der Waals surface area contributed by atoms with Crippen molar-refractivity contribution in [3.05, 3.63) is 82.6 Å². The molecule has 0 aliphatic carbocycles. The predicted molar refractivity (Wildman–Crippen MR) is 146 cm³/mol. The molecule has 0 radical (unpaired) electrons. The molecule has 1 aromatic heterocycles. The third-order valence-corrected chi connectivity index (χ3v) is 7.29. The Labute approximate surface area is 226 Å². The Morgan fingerprint density at radius 2 is 1.63 bits per heavy atom. The van der Waals surface area contributed by atoms with E-state index in [0.717, 1.165) is 31.6 Å². The third kappa shape index (κ3) is 4.56. The number of ketones is 1. The van der Waals surface area contributed by atoms with Gasteiger partial charge in [0, 0.05) is 36.7 Å². The molecule has 8 nitrogen and oxygen atoms in total. The summed E-state index contributed by atoms with van der Waals surface area (Å²) in [5.74, 6) is -1.41. The lowest BCUT2D eigenvalue weighted by molar-refractivity contribution is -0.132. The van der Waals surface area contributed by atoms with Gasteiger partial charge < -0.3 is 19.5 Å². The van der Waals surface area contributed by atoms with Gasteiger partial charge in [-0.15, -0.1) is 0 Å². The number of rotatable bonds is 6. The zero-order valence-corrected chi connectivity index (χ0v) is 21.9. The predicted octanol–water partition coefficient (Wildman–Crippen LogP) is 5.37. The highest BCUT2D eigenvalue weighted by atomic mass is 35.5. The zero-order chi connectivity index (χ0) is 26.8. The number of benzene rings is 2. The molecule has 2 fully saturated rings. The summed E-state index contributed by atoms with van der Waals surface area (Å²) >= 11 is 6.34. The summed E-state index contributed by atoms with van der Waals surface area (Å²) in [6.07, 6.45) is 5.11. The number of aromatic nitrogens is 1. The number of Topliss-reactive ketones (excluding diaryl/α,β-unsaturated/α-hetero) is 1. The molecule has 3 heterocycles. The lowest BCUT2D eigenvalue weighted by Crippen LogP contribution is -2.31. The van der Waals surface area contributed by atoms with Gasteiger partial charge in [0.15, 0.2) is 0 Å². The first-order valence-corrected chi connectivity index (χ1v) is 12.8. The smallest absolute Gasteiger partial charge is 0.300 e. The fraction of sp³-hybridized carbons (Fsp3) is 0.276. The van der Waals surface area contributed by atoms with E-state index in [-0.39, 0.29) is 21.9 Å². The number of ether oxygens (including phenoxy) is 2. The number of methoxy groups -OCH3 is 2. The summed E-state index contributed by atoms with van der Waals surface area (Å²) in [6, 6.07) is 14.8. The fourth-order valence-corrected chi connectivity index (χ4v) is 5.32. The summed E-state index contributed by atoms with van der Waals surface area (Å²) in [6.45, 7) is 1.98. The molecule has 196 valence electrons. The Kier molecular flexibility index (Phi) is 7.24. The topological polar surface area (TPSA) is 92.2 Å². The van der Waals surface area contributed by atoms with E-state index in [9.17, 15) is 14.7 Å². The van der Waals surface area contributed by atoms with Crippen molar-refractivity contribution in [2.45, 2.75) is 25.3 Å². The van der Waals surface area contributed by atoms with E-state index in [4.69, 9.17) is 21.1 Å². The first-order chi connectivity index (χ1) is 18.4. The van der Waals surface area contributed by atoms with Crippen LogP contribution < -0.4 is 19.3 Å². The number of aliphatic hydroxyl groups is 1. The van der Waals surface area contributed by atoms with Gasteiger partial charge in [0.25, 0.3) is 11.7 Å². The normalized spacial score (nSPS) is 19.1. The monoisotopic (exact) mass is 533 g/mol. The highest BCUT2D eigenvalue weighted by Gasteiger charge is 2.48. The van der Waals surface area contributed by atoms with Crippen molar-refractivity contribution < 1.29 is 24.2 Å². The van der Waals surface area contributed by atoms with Gasteiger partial charge >= 0.3 is 0 Å².